The largest absolute Gasteiger partial charge is 0.444 e. The number of fused-ring (bicyclic) bond motifs is 2. The zero-order chi connectivity index (χ0) is 78.0. The van der Waals surface area contributed by atoms with Crippen LogP contribution in [0.4, 0.5) is 15.3 Å². The van der Waals surface area contributed by atoms with Gasteiger partial charge in [0.25, 0.3) is 5.91 Å². The van der Waals surface area contributed by atoms with Crippen molar-refractivity contribution in [1.82, 2.24) is 69.0 Å². The smallest absolute Gasteiger partial charge is 0.410 e. The van der Waals surface area contributed by atoms with E-state index < -0.39 is 11.2 Å². The second-order valence-corrected chi connectivity index (χ2v) is 29.8. The molecule has 27 nitrogen and oxygen atoms in total. The number of Topliss-reactive ketones (excluding diaryl/α,β-unsaturated/α-hetero) is 2. The van der Waals surface area contributed by atoms with E-state index in [4.69, 9.17) is 20.0 Å². The molecule has 14 rings (SSSR count). The number of rotatable bonds is 13. The summed E-state index contributed by atoms with van der Waals surface area (Å²) >= 11 is 3.25. The summed E-state index contributed by atoms with van der Waals surface area (Å²) in [6.07, 6.45) is 21.9. The molecule has 5 aliphatic heterocycles. The van der Waals surface area contributed by atoms with E-state index >= 15 is 0 Å². The number of aromatic nitrogens is 8. The Hall–Kier alpha value is -11.0. The maximum absolute atomic E-state index is 12.1. The summed E-state index contributed by atoms with van der Waals surface area (Å²) in [5.74, 6) is 0.574. The van der Waals surface area contributed by atoms with Crippen molar-refractivity contribution in [3.05, 3.63) is 204 Å². The van der Waals surface area contributed by atoms with E-state index in [1.807, 2.05) is 83.0 Å². The van der Waals surface area contributed by atoms with Crippen LogP contribution in [-0.4, -0.2) is 207 Å². The molecule has 9 aromatic rings. The summed E-state index contributed by atoms with van der Waals surface area (Å²) in [5, 5.41) is 6.14. The third-order valence-corrected chi connectivity index (χ3v) is 19.0. The zero-order valence-electron chi connectivity index (χ0n) is 63.1. The molecule has 0 aliphatic carbocycles. The number of amides is 6. The molecule has 6 amide bonds. The summed E-state index contributed by atoms with van der Waals surface area (Å²) in [7, 11) is 5.05. The molecule has 568 valence electrons. The van der Waals surface area contributed by atoms with E-state index in [0.717, 1.165) is 69.6 Å². The summed E-state index contributed by atoms with van der Waals surface area (Å²) in [5.41, 5.74) is 14.4. The highest BCUT2D eigenvalue weighted by molar-refractivity contribution is 9.10. The van der Waals surface area contributed by atoms with Crippen molar-refractivity contribution in [2.45, 2.75) is 85.6 Å². The van der Waals surface area contributed by atoms with Gasteiger partial charge in [0.15, 0.2) is 11.6 Å². The fourth-order valence-corrected chi connectivity index (χ4v) is 12.4. The van der Waals surface area contributed by atoms with Crippen LogP contribution in [0.1, 0.15) is 106 Å². The van der Waals surface area contributed by atoms with Crippen LogP contribution in [0.15, 0.2) is 182 Å². The average Bonchev–Trinajstić information content (AvgIpc) is 1.32. The summed E-state index contributed by atoms with van der Waals surface area (Å²) in [6, 6.07) is 31.6. The van der Waals surface area contributed by atoms with E-state index in [0.29, 0.717) is 62.2 Å². The van der Waals surface area contributed by atoms with Gasteiger partial charge in [0, 0.05) is 231 Å². The Morgan fingerprint density at radius 3 is 1.45 bits per heavy atom. The van der Waals surface area contributed by atoms with Gasteiger partial charge in [0.2, 0.25) is 17.7 Å². The van der Waals surface area contributed by atoms with Crippen LogP contribution < -0.4 is 11.1 Å². The number of likely N-dealkylation sites (tertiary alicyclic amines) is 5. The molecule has 0 radical (unpaired) electrons. The minimum Gasteiger partial charge on any atom is -0.444 e. The average molecular weight is 1540 g/mol. The Kier molecular flexibility index (Phi) is 27.8. The van der Waals surface area contributed by atoms with Gasteiger partial charge >= 0.3 is 12.2 Å². The zero-order valence-corrected chi connectivity index (χ0v) is 64.6. The maximum Gasteiger partial charge on any atom is 0.410 e. The van der Waals surface area contributed by atoms with Crippen LogP contribution in [0.5, 0.6) is 0 Å². The molecular formula is C80H95BrN16O11. The van der Waals surface area contributed by atoms with Crippen LogP contribution >= 0.6 is 15.9 Å². The van der Waals surface area contributed by atoms with Gasteiger partial charge in [0.05, 0.1) is 41.9 Å². The van der Waals surface area contributed by atoms with E-state index in [9.17, 15) is 38.4 Å². The summed E-state index contributed by atoms with van der Waals surface area (Å²) in [6.45, 7) is 21.3. The molecule has 5 fully saturated rings. The first-order chi connectivity index (χ1) is 51.4. The van der Waals surface area contributed by atoms with Gasteiger partial charge < -0.3 is 49.6 Å². The van der Waals surface area contributed by atoms with Gasteiger partial charge in [0.1, 0.15) is 11.2 Å². The lowest BCUT2D eigenvalue weighted by Crippen LogP contribution is -2.56. The van der Waals surface area contributed by atoms with Gasteiger partial charge in [-0.2, -0.15) is 0 Å². The van der Waals surface area contributed by atoms with Gasteiger partial charge in [-0.3, -0.25) is 68.5 Å². The predicted octanol–water partition coefficient (Wildman–Crippen LogP) is 11.0. The van der Waals surface area contributed by atoms with E-state index in [-0.39, 0.29) is 77.2 Å². The van der Waals surface area contributed by atoms with Crippen molar-refractivity contribution in [3.8, 4) is 11.1 Å². The molecule has 2 unspecified atom stereocenters. The fraction of sp³-hybridized carbons (Fsp3) is 0.388. The molecule has 12 heterocycles. The van der Waals surface area contributed by atoms with Crippen molar-refractivity contribution < 1.29 is 52.7 Å². The number of hydrogen-bond acceptors (Lipinski definition) is 20. The Bertz CT molecular complexity index is 4520. The predicted molar refractivity (Wildman–Crippen MR) is 412 cm³/mol. The lowest BCUT2D eigenvalue weighted by Gasteiger charge is -2.43. The number of pyridine rings is 5. The second-order valence-electron chi connectivity index (χ2n) is 28.9. The van der Waals surface area contributed by atoms with E-state index in [1.165, 1.54) is 34.9 Å². The molecule has 7 aromatic heterocycles. The number of anilines is 1. The molecule has 108 heavy (non-hydrogen) atoms. The molecule has 5 aliphatic rings. The maximum atomic E-state index is 12.1. The Labute approximate surface area is 637 Å². The van der Waals surface area contributed by atoms with E-state index in [2.05, 4.69) is 116 Å². The van der Waals surface area contributed by atoms with E-state index in [1.54, 1.807) is 128 Å². The number of ketones is 2. The molecule has 0 saturated carbocycles. The topological polar surface area (TPSA) is 317 Å². The van der Waals surface area contributed by atoms with Crippen LogP contribution in [0, 0.1) is 29.6 Å². The number of nitrogens with one attached hydrogen (secondary N) is 1. The lowest BCUT2D eigenvalue weighted by molar-refractivity contribution is -0.178. The normalized spacial score (nSPS) is 15.5. The summed E-state index contributed by atoms with van der Waals surface area (Å²) < 4.78 is 13.6. The fourth-order valence-electron chi connectivity index (χ4n) is 12.2. The highest BCUT2D eigenvalue weighted by Gasteiger charge is 2.41. The number of nitrogens with zero attached hydrogens (tertiary/aromatic N) is 14. The lowest BCUT2D eigenvalue weighted by atomic mass is 9.87. The molecule has 3 N–H and O–H groups in total. The SMILES string of the molecule is Brc1cccnc1.CC(=O)N1CC(C(=O)c2cccnc2)C1.CC(=O)N1CC(C(N)c2cccnc2)C1.CC(=O)N1CC(C(Nc2cc(-c3ccc4ccn(C)c4c3)c3nccnc3c2)c2cccnc2)C1.CC(C)(C)OC(=O)N1CC(C(=O)c2cccnc2)C1.CON(C)C(=O)C1CN(C(=O)OC(C)(C)C)C1. The van der Waals surface area contributed by atoms with Crippen LogP contribution in [0.3, 0.4) is 0 Å². The van der Waals surface area contributed by atoms with Crippen molar-refractivity contribution in [1.29, 1.82) is 0 Å². The minimum absolute atomic E-state index is 0.00528. The first kappa shape index (κ1) is 81.1. The molecule has 5 saturated heterocycles. The number of hydroxylamine groups is 2. The van der Waals surface area contributed by atoms with Crippen LogP contribution in [-0.2, 0) is 40.5 Å². The van der Waals surface area contributed by atoms with Crippen molar-refractivity contribution in [2.24, 2.45) is 42.4 Å². The Morgan fingerprint density at radius 2 is 1.00 bits per heavy atom. The molecule has 2 atom stereocenters. The second kappa shape index (κ2) is 37.0. The highest BCUT2D eigenvalue weighted by atomic mass is 79.9. The highest BCUT2D eigenvalue weighted by Crippen LogP contribution is 2.38. The van der Waals surface area contributed by atoms with Gasteiger partial charge in [-0.05, 0) is 152 Å². The van der Waals surface area contributed by atoms with Crippen molar-refractivity contribution in [2.75, 3.05) is 84.9 Å². The first-order valence-corrected chi connectivity index (χ1v) is 36.3. The Balaban J connectivity index is 0.000000159. The third-order valence-electron chi connectivity index (χ3n) is 18.5. The molecular weight excluding hydrogens is 1440 g/mol. The monoisotopic (exact) mass is 1530 g/mol. The number of carbonyl (C=O) groups is 8. The quantitative estimate of drug-likeness (QED) is 0.0800. The van der Waals surface area contributed by atoms with Gasteiger partial charge in [-0.15, -0.1) is 0 Å². The molecule has 28 heteroatoms. The van der Waals surface area contributed by atoms with Crippen LogP contribution in [0.25, 0.3) is 33.1 Å². The third kappa shape index (κ3) is 22.3. The summed E-state index contributed by atoms with van der Waals surface area (Å²) in [4.78, 5) is 135. The number of halogens is 1. The first-order valence-electron chi connectivity index (χ1n) is 35.5. The number of carbonyl (C=O) groups excluding carboxylic acids is 8. The number of nitrogens with two attached hydrogens (primary N) is 1. The Morgan fingerprint density at radius 1 is 0.537 bits per heavy atom. The van der Waals surface area contributed by atoms with Crippen LogP contribution in [0.2, 0.25) is 0 Å². The van der Waals surface area contributed by atoms with Crippen molar-refractivity contribution >= 4 is 90.9 Å². The minimum atomic E-state index is -0.504. The number of ether oxygens (including phenoxy) is 2. The molecule has 0 bridgehead atoms. The van der Waals surface area contributed by atoms with Gasteiger partial charge in [-0.1, -0.05) is 24.3 Å². The van der Waals surface area contributed by atoms with Crippen molar-refractivity contribution in [3.63, 3.8) is 0 Å². The number of hydrogen-bond donors (Lipinski definition) is 2. The standard InChI is InChI=1S/C28H26N6O.C14H18N2O3.C11H15N3O.C11H20N2O4.C11H12N2O2.C5H4BrN/c1-18(35)34-16-22(17-34)27(21-4-3-8-29-15-21)32-23-13-24(28-25(14-23)30-9-10-31-28)20-6-5-19-7-11-33(2)26(19)12-20;1-14(2,3)19-13(18)16-8-11(9-16)12(17)10-5-4-6-15-7-10;1-8(15)14-6-10(7-14)11(12)9-3-2-4-13-5-9;1-11(2,3)17-10(15)13-6-8(7-13)9(14)12(4)16-5;1-8(14)13-6-10(7-13)11(15)9-3-2-4-12-5-9;6-5-2-1-3-7-4-5/h3-15,22,27,32H,16-17H2,1-2H3;4-7,11H,8-9H2,1-3H3;2-5,10-11H,6-7,12H2,1H3;8H,6-7H2,1-5H3;2-5,10H,6-7H2,1H3;1-4H. The number of aryl methyl sites for hydroxylation is 1. The van der Waals surface area contributed by atoms with Gasteiger partial charge in [-0.25, -0.2) is 14.7 Å². The number of benzene rings is 2. The molecule has 0 spiro atoms. The molecule has 2 aromatic carbocycles.